The molecule has 1 N–H and O–H groups in total. The van der Waals surface area contributed by atoms with Gasteiger partial charge in [-0.25, -0.2) is 4.39 Å². The number of halogens is 1. The highest BCUT2D eigenvalue weighted by atomic mass is 32.2. The predicted octanol–water partition coefficient (Wildman–Crippen LogP) is 1.26. The maximum Gasteiger partial charge on any atom is 0.279 e. The summed E-state index contributed by atoms with van der Waals surface area (Å²) < 4.78 is 40.2. The summed E-state index contributed by atoms with van der Waals surface area (Å²) in [4.78, 5) is 0. The standard InChI is InChI=1S/C11H15FN2O2S/c12-11-5-3-10(4-6-11)9-13-17(15,16)14-7-1-2-8-14/h3-6,13H,1-2,7-9H2. The van der Waals surface area contributed by atoms with E-state index in [-0.39, 0.29) is 12.4 Å². The monoisotopic (exact) mass is 258 g/mol. The third kappa shape index (κ3) is 3.24. The van der Waals surface area contributed by atoms with Crippen LogP contribution in [0.4, 0.5) is 4.39 Å². The minimum Gasteiger partial charge on any atom is -0.207 e. The first-order valence-corrected chi connectivity index (χ1v) is 7.01. The molecule has 17 heavy (non-hydrogen) atoms. The van der Waals surface area contributed by atoms with Crippen molar-refractivity contribution in [3.63, 3.8) is 0 Å². The van der Waals surface area contributed by atoms with Gasteiger partial charge >= 0.3 is 0 Å². The molecule has 4 nitrogen and oxygen atoms in total. The molecular weight excluding hydrogens is 243 g/mol. The lowest BCUT2D eigenvalue weighted by atomic mass is 10.2. The molecule has 6 heteroatoms. The van der Waals surface area contributed by atoms with Gasteiger partial charge in [-0.05, 0) is 30.5 Å². The normalized spacial score (nSPS) is 17.5. The summed E-state index contributed by atoms with van der Waals surface area (Å²) in [6, 6.07) is 5.78. The van der Waals surface area contributed by atoms with Crippen LogP contribution >= 0.6 is 0 Å². The van der Waals surface area contributed by atoms with Gasteiger partial charge in [0.2, 0.25) is 0 Å². The molecule has 0 saturated carbocycles. The van der Waals surface area contributed by atoms with Gasteiger partial charge in [0.05, 0.1) is 0 Å². The molecular formula is C11H15FN2O2S. The van der Waals surface area contributed by atoms with Crippen molar-refractivity contribution in [3.05, 3.63) is 35.6 Å². The van der Waals surface area contributed by atoms with Crippen molar-refractivity contribution in [2.45, 2.75) is 19.4 Å². The maximum atomic E-state index is 12.7. The number of benzene rings is 1. The van der Waals surface area contributed by atoms with Gasteiger partial charge in [0.1, 0.15) is 5.82 Å². The van der Waals surface area contributed by atoms with E-state index in [0.29, 0.717) is 13.1 Å². The van der Waals surface area contributed by atoms with Crippen LogP contribution < -0.4 is 4.72 Å². The summed E-state index contributed by atoms with van der Waals surface area (Å²) in [7, 11) is -3.38. The Balaban J connectivity index is 1.95. The van der Waals surface area contributed by atoms with Gasteiger partial charge in [0.15, 0.2) is 0 Å². The fourth-order valence-electron chi connectivity index (χ4n) is 1.80. The largest absolute Gasteiger partial charge is 0.279 e. The summed E-state index contributed by atoms with van der Waals surface area (Å²) in [5.74, 6) is -0.323. The van der Waals surface area contributed by atoms with E-state index >= 15 is 0 Å². The molecule has 0 spiro atoms. The molecule has 2 rings (SSSR count). The summed E-state index contributed by atoms with van der Waals surface area (Å²) in [5, 5.41) is 0. The fourth-order valence-corrected chi connectivity index (χ4v) is 3.07. The first-order chi connectivity index (χ1) is 8.08. The second-order valence-corrected chi connectivity index (χ2v) is 5.81. The van der Waals surface area contributed by atoms with Crippen molar-refractivity contribution in [3.8, 4) is 0 Å². The third-order valence-electron chi connectivity index (χ3n) is 2.78. The number of rotatable bonds is 4. The van der Waals surface area contributed by atoms with Crippen LogP contribution in [-0.2, 0) is 16.8 Å². The quantitative estimate of drug-likeness (QED) is 0.883. The Hall–Kier alpha value is -0.980. The Kier molecular flexibility index (Phi) is 3.76. The lowest BCUT2D eigenvalue weighted by molar-refractivity contribution is 0.464. The number of hydrogen-bond acceptors (Lipinski definition) is 2. The SMILES string of the molecule is O=S(=O)(NCc1ccc(F)cc1)N1CCCC1. The second-order valence-electron chi connectivity index (χ2n) is 4.06. The van der Waals surface area contributed by atoms with Crippen molar-refractivity contribution >= 4 is 10.2 Å². The Labute approximate surface area is 101 Å². The van der Waals surface area contributed by atoms with Gasteiger partial charge in [-0.1, -0.05) is 12.1 Å². The van der Waals surface area contributed by atoms with E-state index in [4.69, 9.17) is 0 Å². The van der Waals surface area contributed by atoms with Gasteiger partial charge in [0.25, 0.3) is 10.2 Å². The summed E-state index contributed by atoms with van der Waals surface area (Å²) in [6.45, 7) is 1.36. The van der Waals surface area contributed by atoms with Crippen LogP contribution in [0.25, 0.3) is 0 Å². The lowest BCUT2D eigenvalue weighted by Crippen LogP contribution is -2.38. The average Bonchev–Trinajstić information content (AvgIpc) is 2.82. The van der Waals surface area contributed by atoms with Gasteiger partial charge in [-0.3, -0.25) is 0 Å². The summed E-state index contributed by atoms with van der Waals surface area (Å²) in [5.41, 5.74) is 0.745. The number of nitrogens with one attached hydrogen (secondary N) is 1. The highest BCUT2D eigenvalue weighted by Gasteiger charge is 2.24. The van der Waals surface area contributed by atoms with E-state index < -0.39 is 10.2 Å². The van der Waals surface area contributed by atoms with E-state index in [1.54, 1.807) is 12.1 Å². The van der Waals surface area contributed by atoms with Crippen LogP contribution in [0.2, 0.25) is 0 Å². The molecule has 1 fully saturated rings. The third-order valence-corrected chi connectivity index (χ3v) is 4.33. The van der Waals surface area contributed by atoms with E-state index in [0.717, 1.165) is 18.4 Å². The van der Waals surface area contributed by atoms with E-state index in [1.165, 1.54) is 16.4 Å². The summed E-state index contributed by atoms with van der Waals surface area (Å²) >= 11 is 0. The second kappa shape index (κ2) is 5.12. The first-order valence-electron chi connectivity index (χ1n) is 5.57. The van der Waals surface area contributed by atoms with E-state index in [1.807, 2.05) is 0 Å². The van der Waals surface area contributed by atoms with Crippen LogP contribution in [-0.4, -0.2) is 25.8 Å². The van der Waals surface area contributed by atoms with Crippen molar-refractivity contribution in [1.29, 1.82) is 0 Å². The Morgan fingerprint density at radius 3 is 2.35 bits per heavy atom. The smallest absolute Gasteiger partial charge is 0.207 e. The van der Waals surface area contributed by atoms with Gasteiger partial charge in [0, 0.05) is 19.6 Å². The topological polar surface area (TPSA) is 49.4 Å². The highest BCUT2D eigenvalue weighted by molar-refractivity contribution is 7.87. The van der Waals surface area contributed by atoms with E-state index in [9.17, 15) is 12.8 Å². The Bertz CT molecular complexity index is 467. The minimum absolute atomic E-state index is 0.194. The molecule has 1 heterocycles. The molecule has 0 bridgehead atoms. The molecule has 1 aliphatic rings. The average molecular weight is 258 g/mol. The molecule has 0 unspecified atom stereocenters. The van der Waals surface area contributed by atoms with Gasteiger partial charge in [-0.15, -0.1) is 0 Å². The number of nitrogens with zero attached hydrogens (tertiary/aromatic N) is 1. The molecule has 1 aromatic carbocycles. The van der Waals surface area contributed by atoms with Crippen LogP contribution in [0, 0.1) is 5.82 Å². The molecule has 0 amide bonds. The number of hydrogen-bond donors (Lipinski definition) is 1. The molecule has 0 radical (unpaired) electrons. The van der Waals surface area contributed by atoms with Crippen molar-refractivity contribution < 1.29 is 12.8 Å². The fraction of sp³-hybridized carbons (Fsp3) is 0.455. The van der Waals surface area contributed by atoms with Crippen molar-refractivity contribution in [2.24, 2.45) is 0 Å². The molecule has 0 atom stereocenters. The highest BCUT2D eigenvalue weighted by Crippen LogP contribution is 2.12. The molecule has 1 saturated heterocycles. The molecule has 0 aromatic heterocycles. The molecule has 1 aliphatic heterocycles. The molecule has 94 valence electrons. The zero-order valence-corrected chi connectivity index (χ0v) is 10.2. The van der Waals surface area contributed by atoms with E-state index in [2.05, 4.69) is 4.72 Å². The molecule has 1 aromatic rings. The van der Waals surface area contributed by atoms with Crippen LogP contribution in [0.3, 0.4) is 0 Å². The lowest BCUT2D eigenvalue weighted by Gasteiger charge is -2.15. The van der Waals surface area contributed by atoms with Crippen LogP contribution in [0.1, 0.15) is 18.4 Å². The molecule has 0 aliphatic carbocycles. The van der Waals surface area contributed by atoms with Crippen molar-refractivity contribution in [2.75, 3.05) is 13.1 Å². The summed E-state index contributed by atoms with van der Waals surface area (Å²) in [6.07, 6.45) is 1.83. The Morgan fingerprint density at radius 1 is 1.18 bits per heavy atom. The Morgan fingerprint density at radius 2 is 1.76 bits per heavy atom. The minimum atomic E-state index is -3.38. The first kappa shape index (κ1) is 12.5. The van der Waals surface area contributed by atoms with Crippen LogP contribution in [0.5, 0.6) is 0 Å². The van der Waals surface area contributed by atoms with Crippen LogP contribution in [0.15, 0.2) is 24.3 Å². The van der Waals surface area contributed by atoms with Gasteiger partial charge < -0.3 is 0 Å². The van der Waals surface area contributed by atoms with Gasteiger partial charge in [-0.2, -0.15) is 17.4 Å². The maximum absolute atomic E-state index is 12.7. The zero-order chi connectivity index (χ0) is 12.3. The predicted molar refractivity (Wildman–Crippen MR) is 63.0 cm³/mol. The van der Waals surface area contributed by atoms with Crippen molar-refractivity contribution in [1.82, 2.24) is 9.03 Å². The zero-order valence-electron chi connectivity index (χ0n) is 9.39.